The zero-order valence-electron chi connectivity index (χ0n) is 11.9. The van der Waals surface area contributed by atoms with Crippen molar-refractivity contribution in [3.63, 3.8) is 0 Å². The van der Waals surface area contributed by atoms with Crippen molar-refractivity contribution in [2.24, 2.45) is 11.8 Å². The standard InChI is InChI=1S/C15H27N3O/c19-15(17-8-12-3-4-12)11-18(9-13-5-6-13)10-14-2-1-7-16-14/h12-14,16H,1-11H2,(H,17,19). The van der Waals surface area contributed by atoms with E-state index in [1.165, 1.54) is 38.5 Å². The molecule has 2 saturated carbocycles. The minimum atomic E-state index is 0.227. The zero-order chi connectivity index (χ0) is 13.1. The second-order valence-electron chi connectivity index (χ2n) is 6.68. The quantitative estimate of drug-likeness (QED) is 0.687. The molecule has 0 spiro atoms. The van der Waals surface area contributed by atoms with Crippen molar-refractivity contribution in [2.75, 3.05) is 32.7 Å². The molecule has 0 radical (unpaired) electrons. The first-order valence-corrected chi connectivity index (χ1v) is 8.02. The molecular formula is C15H27N3O. The van der Waals surface area contributed by atoms with Crippen molar-refractivity contribution in [3.8, 4) is 0 Å². The van der Waals surface area contributed by atoms with E-state index in [0.29, 0.717) is 12.6 Å². The number of carbonyl (C=O) groups excluding carboxylic acids is 1. The van der Waals surface area contributed by atoms with Crippen LogP contribution >= 0.6 is 0 Å². The predicted molar refractivity (Wildman–Crippen MR) is 75.9 cm³/mol. The van der Waals surface area contributed by atoms with Gasteiger partial charge in [-0.1, -0.05) is 0 Å². The lowest BCUT2D eigenvalue weighted by Gasteiger charge is -2.25. The first kappa shape index (κ1) is 13.4. The number of nitrogens with one attached hydrogen (secondary N) is 2. The van der Waals surface area contributed by atoms with Crippen LogP contribution in [0.4, 0.5) is 0 Å². The Morgan fingerprint density at radius 2 is 1.89 bits per heavy atom. The van der Waals surface area contributed by atoms with Crippen LogP contribution in [0.2, 0.25) is 0 Å². The predicted octanol–water partition coefficient (Wildman–Crippen LogP) is 0.977. The van der Waals surface area contributed by atoms with Crippen LogP contribution in [0, 0.1) is 11.8 Å². The molecule has 4 nitrogen and oxygen atoms in total. The van der Waals surface area contributed by atoms with Gasteiger partial charge in [0.1, 0.15) is 0 Å². The van der Waals surface area contributed by atoms with Gasteiger partial charge in [-0.25, -0.2) is 0 Å². The third-order valence-electron chi connectivity index (χ3n) is 4.51. The van der Waals surface area contributed by atoms with Gasteiger partial charge < -0.3 is 10.6 Å². The Kier molecular flexibility index (Phi) is 4.38. The summed E-state index contributed by atoms with van der Waals surface area (Å²) in [5, 5.41) is 6.63. The summed E-state index contributed by atoms with van der Waals surface area (Å²) in [6, 6.07) is 0.606. The third kappa shape index (κ3) is 4.77. The summed E-state index contributed by atoms with van der Waals surface area (Å²) in [5.41, 5.74) is 0. The van der Waals surface area contributed by atoms with Crippen LogP contribution in [-0.2, 0) is 4.79 Å². The zero-order valence-corrected chi connectivity index (χ0v) is 11.9. The van der Waals surface area contributed by atoms with Crippen molar-refractivity contribution in [3.05, 3.63) is 0 Å². The van der Waals surface area contributed by atoms with E-state index in [4.69, 9.17) is 0 Å². The fourth-order valence-corrected chi connectivity index (χ4v) is 2.93. The van der Waals surface area contributed by atoms with Gasteiger partial charge in [0, 0.05) is 25.7 Å². The minimum Gasteiger partial charge on any atom is -0.355 e. The highest BCUT2D eigenvalue weighted by Crippen LogP contribution is 2.30. The van der Waals surface area contributed by atoms with Crippen molar-refractivity contribution >= 4 is 5.91 Å². The lowest BCUT2D eigenvalue weighted by atomic mass is 10.2. The topological polar surface area (TPSA) is 44.4 Å². The van der Waals surface area contributed by atoms with Crippen LogP contribution in [0.1, 0.15) is 38.5 Å². The number of amides is 1. The van der Waals surface area contributed by atoms with E-state index in [9.17, 15) is 4.79 Å². The Morgan fingerprint density at radius 3 is 2.53 bits per heavy atom. The Hall–Kier alpha value is -0.610. The number of rotatable bonds is 8. The normalized spacial score (nSPS) is 26.9. The second kappa shape index (κ2) is 6.23. The van der Waals surface area contributed by atoms with Crippen LogP contribution in [-0.4, -0.2) is 49.6 Å². The molecular weight excluding hydrogens is 238 g/mol. The number of hydrogen-bond donors (Lipinski definition) is 2. The van der Waals surface area contributed by atoms with Gasteiger partial charge >= 0.3 is 0 Å². The summed E-state index contributed by atoms with van der Waals surface area (Å²) in [6.07, 6.45) is 7.88. The highest BCUT2D eigenvalue weighted by Gasteiger charge is 2.28. The fraction of sp³-hybridized carbons (Fsp3) is 0.933. The molecule has 0 aromatic heterocycles. The molecule has 2 N–H and O–H groups in total. The molecule has 4 heteroatoms. The van der Waals surface area contributed by atoms with E-state index >= 15 is 0 Å². The van der Waals surface area contributed by atoms with Gasteiger partial charge in [-0.2, -0.15) is 0 Å². The first-order chi connectivity index (χ1) is 9.29. The summed E-state index contributed by atoms with van der Waals surface area (Å²) >= 11 is 0. The third-order valence-corrected chi connectivity index (χ3v) is 4.51. The molecule has 19 heavy (non-hydrogen) atoms. The van der Waals surface area contributed by atoms with Crippen LogP contribution in [0.5, 0.6) is 0 Å². The Morgan fingerprint density at radius 1 is 1.11 bits per heavy atom. The summed E-state index contributed by atoms with van der Waals surface area (Å²) in [6.45, 7) is 4.82. The highest BCUT2D eigenvalue weighted by atomic mass is 16.2. The van der Waals surface area contributed by atoms with Crippen molar-refractivity contribution in [1.29, 1.82) is 0 Å². The largest absolute Gasteiger partial charge is 0.355 e. The van der Waals surface area contributed by atoms with E-state index < -0.39 is 0 Å². The minimum absolute atomic E-state index is 0.227. The molecule has 3 fully saturated rings. The molecule has 1 atom stereocenters. The molecule has 3 aliphatic rings. The van der Waals surface area contributed by atoms with Crippen molar-refractivity contribution in [2.45, 2.75) is 44.6 Å². The number of nitrogens with zero attached hydrogens (tertiary/aromatic N) is 1. The van der Waals surface area contributed by atoms with E-state index in [2.05, 4.69) is 15.5 Å². The van der Waals surface area contributed by atoms with Crippen LogP contribution < -0.4 is 10.6 Å². The van der Waals surface area contributed by atoms with Gasteiger partial charge in [-0.3, -0.25) is 9.69 Å². The molecule has 2 aliphatic carbocycles. The summed E-state index contributed by atoms with van der Waals surface area (Å²) in [5.74, 6) is 1.86. The molecule has 1 saturated heterocycles. The summed E-state index contributed by atoms with van der Waals surface area (Å²) in [4.78, 5) is 14.4. The smallest absolute Gasteiger partial charge is 0.234 e. The van der Waals surface area contributed by atoms with Crippen LogP contribution in [0.3, 0.4) is 0 Å². The molecule has 1 heterocycles. The average Bonchev–Trinajstić information content (AvgIpc) is 3.30. The van der Waals surface area contributed by atoms with Crippen molar-refractivity contribution in [1.82, 2.24) is 15.5 Å². The van der Waals surface area contributed by atoms with Gasteiger partial charge in [0.25, 0.3) is 0 Å². The lowest BCUT2D eigenvalue weighted by Crippen LogP contribution is -2.44. The highest BCUT2D eigenvalue weighted by molar-refractivity contribution is 5.78. The van der Waals surface area contributed by atoms with Crippen LogP contribution in [0.25, 0.3) is 0 Å². The van der Waals surface area contributed by atoms with Crippen LogP contribution in [0.15, 0.2) is 0 Å². The molecule has 0 bridgehead atoms. The average molecular weight is 265 g/mol. The van der Waals surface area contributed by atoms with Gasteiger partial charge in [0.2, 0.25) is 5.91 Å². The van der Waals surface area contributed by atoms with E-state index in [0.717, 1.165) is 38.0 Å². The summed E-state index contributed by atoms with van der Waals surface area (Å²) in [7, 11) is 0. The van der Waals surface area contributed by atoms with Crippen molar-refractivity contribution < 1.29 is 4.79 Å². The van der Waals surface area contributed by atoms with Gasteiger partial charge in [-0.05, 0) is 56.9 Å². The lowest BCUT2D eigenvalue weighted by molar-refractivity contribution is -0.122. The molecule has 1 aliphatic heterocycles. The van der Waals surface area contributed by atoms with E-state index in [1.807, 2.05) is 0 Å². The molecule has 0 aromatic rings. The maximum absolute atomic E-state index is 12.0. The molecule has 108 valence electrons. The van der Waals surface area contributed by atoms with Gasteiger partial charge in [-0.15, -0.1) is 0 Å². The van der Waals surface area contributed by atoms with Gasteiger partial charge in [0.05, 0.1) is 6.54 Å². The molecule has 3 rings (SSSR count). The van der Waals surface area contributed by atoms with E-state index in [1.54, 1.807) is 0 Å². The maximum Gasteiger partial charge on any atom is 0.234 e. The molecule has 1 unspecified atom stereocenters. The molecule has 0 aromatic carbocycles. The fourth-order valence-electron chi connectivity index (χ4n) is 2.93. The molecule has 1 amide bonds. The SMILES string of the molecule is O=C(CN(CC1CC1)CC1CCCN1)NCC1CC1. The van der Waals surface area contributed by atoms with E-state index in [-0.39, 0.29) is 5.91 Å². The van der Waals surface area contributed by atoms with Gasteiger partial charge in [0.15, 0.2) is 0 Å². The Bertz CT molecular complexity index is 307. The summed E-state index contributed by atoms with van der Waals surface area (Å²) < 4.78 is 0. The first-order valence-electron chi connectivity index (χ1n) is 8.02. The Labute approximate surface area is 116 Å². The Balaban J connectivity index is 1.41. The monoisotopic (exact) mass is 265 g/mol. The maximum atomic E-state index is 12.0. The second-order valence-corrected chi connectivity index (χ2v) is 6.68. The number of hydrogen-bond acceptors (Lipinski definition) is 3. The number of carbonyl (C=O) groups is 1.